The van der Waals surface area contributed by atoms with Crippen LogP contribution in [-0.2, 0) is 6.42 Å². The molecule has 0 spiro atoms. The Labute approximate surface area is 104 Å². The summed E-state index contributed by atoms with van der Waals surface area (Å²) in [6.07, 6.45) is 0.254. The molecule has 0 aromatic heterocycles. The lowest BCUT2D eigenvalue weighted by Gasteiger charge is -2.01. The molecule has 2 rings (SSSR count). The minimum atomic E-state index is -2.98. The van der Waals surface area contributed by atoms with Crippen molar-refractivity contribution in [1.82, 2.24) is 0 Å². The van der Waals surface area contributed by atoms with Crippen LogP contribution in [0, 0.1) is 0 Å². The standard InChI is InChI=1S/C15H18Si/c1-3-8-14(9-4-1)10-7-13-16-15-11-5-2-6-12-15/h1-6,8-9,11-12H,7,10,13,16H2/i7D,16D2. The molecule has 0 N–H and O–H groups in total. The molecule has 1 heteroatoms. The SMILES string of the molecule is [2H]C(Cc1ccccc1)C[Si]([2H])([2H])c1ccccc1. The normalized spacial score (nSPS) is 15.9. The molecule has 0 aliphatic carbocycles. The molecule has 0 radical (unpaired) electrons. The van der Waals surface area contributed by atoms with E-state index in [0.717, 1.165) is 10.8 Å². The number of hydrogen-bond acceptors (Lipinski definition) is 0. The van der Waals surface area contributed by atoms with Crippen LogP contribution in [0.3, 0.4) is 0 Å². The zero-order chi connectivity index (χ0) is 13.7. The van der Waals surface area contributed by atoms with Gasteiger partial charge in [-0.3, -0.25) is 0 Å². The van der Waals surface area contributed by atoms with Crippen molar-refractivity contribution < 1.29 is 1.37 Å². The quantitative estimate of drug-likeness (QED) is 0.691. The molecule has 0 aliphatic heterocycles. The molecule has 2 aromatic rings. The van der Waals surface area contributed by atoms with E-state index in [9.17, 15) is 0 Å². The summed E-state index contributed by atoms with van der Waals surface area (Å²) in [7, 11) is -2.98. The lowest BCUT2D eigenvalue weighted by Crippen LogP contribution is -2.12. The smallest absolute Gasteiger partial charge is 0.0547 e. The van der Waals surface area contributed by atoms with Gasteiger partial charge in [0, 0.05) is 3.84 Å². The molecule has 1 atom stereocenters. The third kappa shape index (κ3) is 3.67. The fourth-order valence-electron chi connectivity index (χ4n) is 1.60. The van der Waals surface area contributed by atoms with Gasteiger partial charge in [0.05, 0.1) is 9.38 Å². The zero-order valence-electron chi connectivity index (χ0n) is 12.3. The summed E-state index contributed by atoms with van der Waals surface area (Å²) in [5, 5.41) is 0.792. The first-order valence-electron chi connectivity index (χ1n) is 7.17. The predicted octanol–water partition coefficient (Wildman–Crippen LogP) is 2.53. The summed E-state index contributed by atoms with van der Waals surface area (Å²) in [5.74, 6) is 0. The Hall–Kier alpha value is -1.34. The Morgan fingerprint density at radius 2 is 1.56 bits per heavy atom. The van der Waals surface area contributed by atoms with E-state index >= 15 is 0 Å². The molecule has 0 aliphatic rings. The van der Waals surface area contributed by atoms with Crippen LogP contribution in [0.2, 0.25) is 6.04 Å². The van der Waals surface area contributed by atoms with Crippen molar-refractivity contribution in [2.45, 2.75) is 18.9 Å². The van der Waals surface area contributed by atoms with E-state index in [1.54, 1.807) is 0 Å². The van der Waals surface area contributed by atoms with E-state index in [2.05, 4.69) is 0 Å². The number of hydrogen-bond donors (Lipinski definition) is 0. The van der Waals surface area contributed by atoms with E-state index in [1.165, 1.54) is 0 Å². The maximum atomic E-state index is 8.25. The number of rotatable bonds is 5. The van der Waals surface area contributed by atoms with Crippen LogP contribution in [0.1, 0.15) is 13.3 Å². The first kappa shape index (κ1) is 7.85. The Morgan fingerprint density at radius 3 is 2.25 bits per heavy atom. The second kappa shape index (κ2) is 6.29. The summed E-state index contributed by atoms with van der Waals surface area (Å²) in [6, 6.07) is 19.6. The molecule has 0 bridgehead atoms. The van der Waals surface area contributed by atoms with Crippen molar-refractivity contribution in [3.8, 4) is 0 Å². The molecule has 1 unspecified atom stereocenters. The highest BCUT2D eigenvalue weighted by molar-refractivity contribution is 6.53. The van der Waals surface area contributed by atoms with Crippen LogP contribution in [0.25, 0.3) is 0 Å². The van der Waals surface area contributed by atoms with Crippen LogP contribution in [0.15, 0.2) is 60.7 Å². The Morgan fingerprint density at radius 1 is 0.938 bits per heavy atom. The Kier molecular flexibility index (Phi) is 3.09. The lowest BCUT2D eigenvalue weighted by atomic mass is 10.1. The average molecular weight is 229 g/mol. The topological polar surface area (TPSA) is 0 Å². The Bertz CT molecular complexity index is 499. The molecular formula is C15H18Si. The van der Waals surface area contributed by atoms with Gasteiger partial charge in [0.15, 0.2) is 0 Å². The van der Waals surface area contributed by atoms with Gasteiger partial charge >= 0.3 is 0 Å². The van der Waals surface area contributed by atoms with Gasteiger partial charge in [-0.05, 0) is 12.0 Å². The summed E-state index contributed by atoms with van der Waals surface area (Å²) in [4.78, 5) is 0. The second-order valence-electron chi connectivity index (χ2n) is 3.73. The average Bonchev–Trinajstić information content (AvgIpc) is 2.40. The maximum Gasteiger partial charge on any atom is 0.0547 e. The van der Waals surface area contributed by atoms with Gasteiger partial charge in [0.1, 0.15) is 0 Å². The van der Waals surface area contributed by atoms with Crippen LogP contribution in [-0.4, -0.2) is 11.9 Å². The van der Waals surface area contributed by atoms with Gasteiger partial charge in [-0.2, -0.15) is 0 Å². The van der Waals surface area contributed by atoms with Gasteiger partial charge < -0.3 is 0 Å². The highest BCUT2D eigenvalue weighted by Crippen LogP contribution is 2.04. The summed E-state index contributed by atoms with van der Waals surface area (Å²) in [5.41, 5.74) is 1.11. The molecule has 0 nitrogen and oxygen atoms in total. The van der Waals surface area contributed by atoms with E-state index < -0.39 is 9.38 Å². The van der Waals surface area contributed by atoms with E-state index in [-0.39, 0.29) is 6.40 Å². The fraction of sp³-hybridized carbons (Fsp3) is 0.200. The molecule has 82 valence electrons. The molecular weight excluding hydrogens is 208 g/mol. The third-order valence-corrected chi connectivity index (χ3v) is 3.68. The first-order valence-corrected chi connectivity index (χ1v) is 6.80. The second-order valence-corrected chi connectivity index (χ2v) is 5.06. The number of aryl methyl sites for hydroxylation is 1. The van der Waals surface area contributed by atoms with Gasteiger partial charge in [0.2, 0.25) is 0 Å². The summed E-state index contributed by atoms with van der Waals surface area (Å²) < 4.78 is 24.6. The van der Waals surface area contributed by atoms with Crippen LogP contribution in [0.4, 0.5) is 0 Å². The van der Waals surface area contributed by atoms with Crippen molar-refractivity contribution in [1.29, 1.82) is 2.47 Å². The van der Waals surface area contributed by atoms with E-state index in [4.69, 9.17) is 3.84 Å². The molecule has 0 saturated heterocycles. The maximum absolute atomic E-state index is 8.25. The van der Waals surface area contributed by atoms with Gasteiger partial charge in [-0.1, -0.05) is 78.3 Å². The van der Waals surface area contributed by atoms with Crippen molar-refractivity contribution in [2.24, 2.45) is 0 Å². The van der Waals surface area contributed by atoms with Crippen molar-refractivity contribution in [2.75, 3.05) is 0 Å². The predicted molar refractivity (Wildman–Crippen MR) is 74.2 cm³/mol. The van der Waals surface area contributed by atoms with Gasteiger partial charge in [-0.15, -0.1) is 0 Å². The molecule has 0 amide bonds. The molecule has 0 saturated carbocycles. The van der Waals surface area contributed by atoms with Gasteiger partial charge in [0.25, 0.3) is 0 Å². The largest absolute Gasteiger partial charge is 0.0669 e. The fourth-order valence-corrected chi connectivity index (χ4v) is 2.55. The Balaban J connectivity index is 2.00. The lowest BCUT2D eigenvalue weighted by molar-refractivity contribution is 0.916. The van der Waals surface area contributed by atoms with Crippen molar-refractivity contribution >= 4 is 14.6 Å². The van der Waals surface area contributed by atoms with Gasteiger partial charge in [-0.25, -0.2) is 0 Å². The summed E-state index contributed by atoms with van der Waals surface area (Å²) in [6.45, 7) is 0. The molecule has 16 heavy (non-hydrogen) atoms. The molecule has 0 fully saturated rings. The monoisotopic (exact) mass is 229 g/mol. The van der Waals surface area contributed by atoms with Crippen molar-refractivity contribution in [3.05, 3.63) is 66.2 Å². The zero-order valence-corrected chi connectivity index (χ0v) is 10.3. The minimum absolute atomic E-state index is 0.353. The van der Waals surface area contributed by atoms with Crippen LogP contribution in [0.5, 0.6) is 0 Å². The minimum Gasteiger partial charge on any atom is -0.0669 e. The molecule has 2 aromatic carbocycles. The highest BCUT2D eigenvalue weighted by atomic mass is 28.2. The molecule has 0 heterocycles. The first-order chi connectivity index (χ1) is 9.08. The summed E-state index contributed by atoms with van der Waals surface area (Å²) >= 11 is 0. The van der Waals surface area contributed by atoms with E-state index in [0.29, 0.717) is 12.5 Å². The highest BCUT2D eigenvalue weighted by Gasteiger charge is 1.94. The van der Waals surface area contributed by atoms with Crippen LogP contribution < -0.4 is 5.19 Å². The third-order valence-electron chi connectivity index (χ3n) is 2.45. The van der Waals surface area contributed by atoms with Crippen molar-refractivity contribution in [3.63, 3.8) is 0 Å². The number of benzene rings is 2. The van der Waals surface area contributed by atoms with Crippen LogP contribution >= 0.6 is 0 Å². The van der Waals surface area contributed by atoms with E-state index in [1.807, 2.05) is 60.7 Å².